The summed E-state index contributed by atoms with van der Waals surface area (Å²) in [5, 5.41) is 38.0. The van der Waals surface area contributed by atoms with Gasteiger partial charge in [0.2, 0.25) is 5.95 Å². The molecule has 0 radical (unpaired) electrons. The molecule has 3 rings (SSSR count). The van der Waals surface area contributed by atoms with Gasteiger partial charge in [0.25, 0.3) is 0 Å². The van der Waals surface area contributed by atoms with Crippen LogP contribution in [0.3, 0.4) is 0 Å². The summed E-state index contributed by atoms with van der Waals surface area (Å²) < 4.78 is 7.79. The van der Waals surface area contributed by atoms with Crippen LogP contribution < -0.4 is 5.73 Å². The van der Waals surface area contributed by atoms with E-state index in [1.807, 2.05) is 0 Å². The summed E-state index contributed by atoms with van der Waals surface area (Å²) in [4.78, 5) is 8.10. The third kappa shape index (κ3) is 1.97. The number of aliphatic hydroxyl groups excluding tert-OH is 3. The number of hydrogen-bond acceptors (Lipinski definition) is 9. The number of nitrogens with zero attached hydrogens (tertiary/aromatic N) is 5. The van der Waals surface area contributed by atoms with Crippen molar-refractivity contribution in [1.82, 2.24) is 19.1 Å². The van der Waals surface area contributed by atoms with Crippen molar-refractivity contribution in [2.75, 3.05) is 12.3 Å². The number of imidazole rings is 1. The van der Waals surface area contributed by atoms with Gasteiger partial charge in [0.15, 0.2) is 22.7 Å². The Morgan fingerprint density at radius 3 is 2.77 bits per heavy atom. The van der Waals surface area contributed by atoms with E-state index < -0.39 is 31.1 Å². The highest BCUT2D eigenvalue weighted by molar-refractivity contribution is 7.71. The fourth-order valence-corrected chi connectivity index (χ4v) is 2.66. The van der Waals surface area contributed by atoms with Gasteiger partial charge in [0, 0.05) is 0 Å². The number of ether oxygens (including phenoxy) is 1. The summed E-state index contributed by atoms with van der Waals surface area (Å²) in [6.45, 7) is -0.447. The molecule has 2 aromatic heterocycles. The van der Waals surface area contributed by atoms with Crippen molar-refractivity contribution in [3.05, 3.63) is 11.0 Å². The van der Waals surface area contributed by atoms with E-state index in [0.29, 0.717) is 0 Å². The second kappa shape index (κ2) is 5.27. The summed E-state index contributed by atoms with van der Waals surface area (Å²) in [7, 11) is 0. The average Bonchev–Trinajstić information content (AvgIpc) is 3.02. The van der Waals surface area contributed by atoms with Gasteiger partial charge in [0.05, 0.1) is 12.9 Å². The van der Waals surface area contributed by atoms with Gasteiger partial charge in [-0.2, -0.15) is 10.2 Å². The van der Waals surface area contributed by atoms with Gasteiger partial charge in [-0.15, -0.1) is 0 Å². The number of rotatable bonds is 2. The van der Waals surface area contributed by atoms with Gasteiger partial charge in [-0.1, -0.05) is 12.2 Å². The molecule has 0 unspecified atom stereocenters. The molecule has 0 amide bonds. The molecule has 1 aliphatic heterocycles. The predicted molar refractivity (Wildman–Crippen MR) is 74.8 cm³/mol. The van der Waals surface area contributed by atoms with E-state index in [1.165, 1.54) is 10.9 Å². The Kier molecular flexibility index (Phi) is 3.55. The molecule has 5 N–H and O–H groups in total. The smallest absolute Gasteiger partial charge is 0.217 e. The number of aliphatic hydroxyl groups is 3. The molecule has 11 heteroatoms. The van der Waals surface area contributed by atoms with Gasteiger partial charge in [-0.05, 0) is 0 Å². The van der Waals surface area contributed by atoms with Crippen LogP contribution in [-0.4, -0.2) is 59.3 Å². The minimum atomic E-state index is -1.28. The Morgan fingerprint density at radius 2 is 2.18 bits per heavy atom. The van der Waals surface area contributed by atoms with Crippen molar-refractivity contribution in [1.29, 1.82) is 5.26 Å². The number of nitrogen functional groups attached to an aromatic ring is 1. The summed E-state index contributed by atoms with van der Waals surface area (Å²) in [6.07, 6.45) is -1.36. The highest BCUT2D eigenvalue weighted by atomic mass is 32.1. The Balaban J connectivity index is 2.14. The standard InChI is InChI=1S/C11H12N6O4S/c12-2-16-10(22)5-8(15-11(16)13)17(3-14-5)9-7(20)6(19)4(1-18)21-9/h3-4,6-7,9,18-20H,1H2,(H2,13,15)/t4-,6-,7-,9-/m1/s1. The SMILES string of the molecule is N#Cn1c(N)nc2c(ncn2[C@@H]2O[C@H](CO)[C@@H](O)[C@H]2O)c1=S. The topological polar surface area (TPSA) is 155 Å². The molecule has 2 aromatic rings. The molecule has 0 spiro atoms. The van der Waals surface area contributed by atoms with Gasteiger partial charge in [-0.25, -0.2) is 9.55 Å². The van der Waals surface area contributed by atoms with E-state index in [9.17, 15) is 10.2 Å². The molecule has 1 aliphatic rings. The Hall–Kier alpha value is -2.10. The maximum Gasteiger partial charge on any atom is 0.217 e. The third-order valence-electron chi connectivity index (χ3n) is 3.51. The van der Waals surface area contributed by atoms with Gasteiger partial charge in [0.1, 0.15) is 23.8 Å². The van der Waals surface area contributed by atoms with Crippen molar-refractivity contribution in [2.45, 2.75) is 24.5 Å². The van der Waals surface area contributed by atoms with E-state index in [1.54, 1.807) is 6.19 Å². The predicted octanol–water partition coefficient (Wildman–Crippen LogP) is -1.51. The van der Waals surface area contributed by atoms with Crippen LogP contribution in [0.4, 0.5) is 5.95 Å². The van der Waals surface area contributed by atoms with Crippen LogP contribution in [0.1, 0.15) is 6.23 Å². The van der Waals surface area contributed by atoms with Gasteiger partial charge >= 0.3 is 0 Å². The van der Waals surface area contributed by atoms with Crippen LogP contribution in [0.5, 0.6) is 0 Å². The van der Waals surface area contributed by atoms with E-state index in [2.05, 4.69) is 9.97 Å². The quantitative estimate of drug-likeness (QED) is 0.482. The first-order chi connectivity index (χ1) is 10.5. The molecule has 4 atom stereocenters. The molecular formula is C11H12N6O4S. The first-order valence-electron chi connectivity index (χ1n) is 6.27. The fraction of sp³-hybridized carbons (Fsp3) is 0.455. The maximum atomic E-state index is 10.1. The molecule has 22 heavy (non-hydrogen) atoms. The second-order valence-electron chi connectivity index (χ2n) is 4.76. The fourth-order valence-electron chi connectivity index (χ4n) is 2.38. The van der Waals surface area contributed by atoms with Crippen LogP contribution in [0.2, 0.25) is 0 Å². The first-order valence-corrected chi connectivity index (χ1v) is 6.68. The lowest BCUT2D eigenvalue weighted by Crippen LogP contribution is -2.33. The van der Waals surface area contributed by atoms with E-state index in [4.69, 9.17) is 33.1 Å². The van der Waals surface area contributed by atoms with Crippen molar-refractivity contribution in [3.8, 4) is 6.19 Å². The number of hydrogen-bond donors (Lipinski definition) is 4. The second-order valence-corrected chi connectivity index (χ2v) is 5.15. The zero-order chi connectivity index (χ0) is 16.0. The molecular weight excluding hydrogens is 312 g/mol. The van der Waals surface area contributed by atoms with Crippen LogP contribution in [-0.2, 0) is 4.74 Å². The Morgan fingerprint density at radius 1 is 1.45 bits per heavy atom. The van der Waals surface area contributed by atoms with Crippen molar-refractivity contribution >= 4 is 29.3 Å². The Labute approximate surface area is 128 Å². The summed E-state index contributed by atoms with van der Waals surface area (Å²) in [5.74, 6) is -0.131. The molecule has 3 heterocycles. The zero-order valence-corrected chi connectivity index (χ0v) is 11.9. The maximum absolute atomic E-state index is 10.1. The van der Waals surface area contributed by atoms with Crippen molar-refractivity contribution in [3.63, 3.8) is 0 Å². The molecule has 0 aromatic carbocycles. The average molecular weight is 324 g/mol. The van der Waals surface area contributed by atoms with Gasteiger partial charge in [-0.3, -0.25) is 4.57 Å². The largest absolute Gasteiger partial charge is 0.394 e. The highest BCUT2D eigenvalue weighted by Crippen LogP contribution is 2.31. The van der Waals surface area contributed by atoms with E-state index in [0.717, 1.165) is 4.57 Å². The number of nitriles is 1. The van der Waals surface area contributed by atoms with Crippen LogP contribution >= 0.6 is 12.2 Å². The van der Waals surface area contributed by atoms with Gasteiger partial charge < -0.3 is 25.8 Å². The molecule has 10 nitrogen and oxygen atoms in total. The Bertz CT molecular complexity index is 826. The summed E-state index contributed by atoms with van der Waals surface area (Å²) in [6, 6.07) is 0. The minimum absolute atomic E-state index is 0.0792. The zero-order valence-electron chi connectivity index (χ0n) is 11.1. The van der Waals surface area contributed by atoms with E-state index >= 15 is 0 Å². The molecule has 116 valence electrons. The lowest BCUT2D eigenvalue weighted by atomic mass is 10.1. The lowest BCUT2D eigenvalue weighted by Gasteiger charge is -2.16. The molecule has 0 aliphatic carbocycles. The van der Waals surface area contributed by atoms with Crippen LogP contribution in [0.15, 0.2) is 6.33 Å². The number of fused-ring (bicyclic) bond motifs is 1. The summed E-state index contributed by atoms with van der Waals surface area (Å²) in [5.41, 5.74) is 6.12. The van der Waals surface area contributed by atoms with Crippen molar-refractivity contribution in [2.24, 2.45) is 0 Å². The number of aromatic nitrogens is 4. The third-order valence-corrected chi connectivity index (χ3v) is 3.89. The molecule has 1 fully saturated rings. The molecule has 1 saturated heterocycles. The number of anilines is 1. The van der Waals surface area contributed by atoms with E-state index in [-0.39, 0.29) is 21.8 Å². The summed E-state index contributed by atoms with van der Waals surface area (Å²) >= 11 is 5.12. The first kappa shape index (κ1) is 14.8. The molecule has 0 saturated carbocycles. The van der Waals surface area contributed by atoms with Crippen LogP contribution in [0, 0.1) is 16.1 Å². The monoisotopic (exact) mass is 324 g/mol. The normalized spacial score (nSPS) is 28.1. The minimum Gasteiger partial charge on any atom is -0.394 e. The van der Waals surface area contributed by atoms with Crippen LogP contribution in [0.25, 0.3) is 11.2 Å². The van der Waals surface area contributed by atoms with Crippen molar-refractivity contribution < 1.29 is 20.1 Å². The number of nitrogens with two attached hydrogens (primary N) is 1. The molecule has 0 bridgehead atoms. The lowest BCUT2D eigenvalue weighted by molar-refractivity contribution is -0.0511. The highest BCUT2D eigenvalue weighted by Gasteiger charge is 2.44.